The van der Waals surface area contributed by atoms with Crippen molar-refractivity contribution in [2.24, 2.45) is 5.92 Å². The molecule has 0 aromatic carbocycles. The molecule has 0 aliphatic carbocycles. The maximum Gasteiger partial charge on any atom is 0.259 e. The summed E-state index contributed by atoms with van der Waals surface area (Å²) in [5.74, 6) is 0.352. The molecule has 1 N–H and O–H groups in total. The lowest BCUT2D eigenvalue weighted by Gasteiger charge is -2.55. The number of hydrogen-bond acceptors (Lipinski definition) is 6. The number of ether oxygens (including phenoxy) is 3. The van der Waals surface area contributed by atoms with Gasteiger partial charge in [0.05, 0.1) is 6.04 Å². The highest BCUT2D eigenvalue weighted by molar-refractivity contribution is 5.93. The summed E-state index contributed by atoms with van der Waals surface area (Å²) in [5, 5.41) is 9.67. The number of carbonyl (C=O) groups is 1. The van der Waals surface area contributed by atoms with Gasteiger partial charge in [0.15, 0.2) is 5.60 Å². The van der Waals surface area contributed by atoms with Crippen LogP contribution in [0, 0.1) is 5.92 Å². The van der Waals surface area contributed by atoms with E-state index in [1.54, 1.807) is 18.1 Å². The number of pyridine rings is 1. The predicted octanol–water partition coefficient (Wildman–Crippen LogP) is 1.55. The zero-order valence-corrected chi connectivity index (χ0v) is 14.7. The number of aromatic hydroxyl groups is 1. The second kappa shape index (κ2) is 7.92. The molecule has 1 fully saturated rings. The molecular weight excluding hydrogens is 312 g/mol. The van der Waals surface area contributed by atoms with E-state index in [-0.39, 0.29) is 37.6 Å². The van der Waals surface area contributed by atoms with E-state index in [2.05, 4.69) is 18.8 Å². The normalized spacial score (nSPS) is 23.6. The molecule has 134 valence electrons. The third-order valence-corrected chi connectivity index (χ3v) is 4.18. The molecule has 2 atom stereocenters. The minimum Gasteiger partial charge on any atom is -0.508 e. The summed E-state index contributed by atoms with van der Waals surface area (Å²) in [6, 6.07) is 2.91. The Morgan fingerprint density at radius 2 is 2.12 bits per heavy atom. The van der Waals surface area contributed by atoms with Gasteiger partial charge in [-0.05, 0) is 18.4 Å². The highest BCUT2D eigenvalue weighted by atomic mass is 16.7. The van der Waals surface area contributed by atoms with Gasteiger partial charge in [-0.15, -0.1) is 0 Å². The summed E-state index contributed by atoms with van der Waals surface area (Å²) in [7, 11) is 3.08. The zero-order valence-electron chi connectivity index (χ0n) is 14.7. The molecule has 1 saturated heterocycles. The van der Waals surface area contributed by atoms with Crippen molar-refractivity contribution < 1.29 is 24.1 Å². The number of nitrogens with zero attached hydrogens (tertiary/aromatic N) is 2. The van der Waals surface area contributed by atoms with Crippen LogP contribution in [0.25, 0.3) is 0 Å². The van der Waals surface area contributed by atoms with Crippen LogP contribution in [-0.4, -0.2) is 60.3 Å². The van der Waals surface area contributed by atoms with Gasteiger partial charge < -0.3 is 24.2 Å². The number of β-lactam (4-membered cyclic amide) rings is 1. The van der Waals surface area contributed by atoms with Crippen molar-refractivity contribution in [2.75, 3.05) is 27.7 Å². The number of rotatable bonds is 9. The first kappa shape index (κ1) is 18.6. The molecule has 1 aliphatic heterocycles. The molecule has 24 heavy (non-hydrogen) atoms. The molecule has 2 heterocycles. The fourth-order valence-electron chi connectivity index (χ4n) is 3.16. The summed E-state index contributed by atoms with van der Waals surface area (Å²) < 4.78 is 16.1. The maximum atomic E-state index is 12.8. The Bertz CT molecular complexity index is 566. The first-order chi connectivity index (χ1) is 11.4. The van der Waals surface area contributed by atoms with Gasteiger partial charge in [-0.25, -0.2) is 0 Å². The van der Waals surface area contributed by atoms with E-state index in [1.807, 2.05) is 0 Å². The van der Waals surface area contributed by atoms with Crippen LogP contribution in [0.5, 0.6) is 5.75 Å². The van der Waals surface area contributed by atoms with Crippen molar-refractivity contribution in [3.8, 4) is 5.75 Å². The van der Waals surface area contributed by atoms with Gasteiger partial charge in [-0.3, -0.25) is 9.78 Å². The van der Waals surface area contributed by atoms with Crippen molar-refractivity contribution in [2.45, 2.75) is 38.3 Å². The van der Waals surface area contributed by atoms with Crippen LogP contribution >= 0.6 is 0 Å². The topological polar surface area (TPSA) is 81.1 Å². The fourth-order valence-corrected chi connectivity index (χ4v) is 3.16. The Morgan fingerprint density at radius 1 is 1.38 bits per heavy atom. The van der Waals surface area contributed by atoms with E-state index in [0.717, 1.165) is 6.42 Å². The highest BCUT2D eigenvalue weighted by Crippen LogP contribution is 2.40. The van der Waals surface area contributed by atoms with Gasteiger partial charge in [0.25, 0.3) is 5.91 Å². The van der Waals surface area contributed by atoms with E-state index in [4.69, 9.17) is 14.2 Å². The van der Waals surface area contributed by atoms with Crippen LogP contribution < -0.4 is 0 Å². The Labute approximate surface area is 142 Å². The Morgan fingerprint density at radius 3 is 2.71 bits per heavy atom. The third-order valence-electron chi connectivity index (χ3n) is 4.18. The SMILES string of the molecule is COCO[C@@]1(Cc2cc(O)ccn2)C(=O)N(COC)[C@H]1CC(C)C. The molecule has 1 amide bonds. The lowest BCUT2D eigenvalue weighted by molar-refractivity contribution is -0.235. The van der Waals surface area contributed by atoms with Crippen molar-refractivity contribution in [3.63, 3.8) is 0 Å². The molecule has 7 nitrogen and oxygen atoms in total. The number of aromatic nitrogens is 1. The third kappa shape index (κ3) is 3.68. The molecule has 2 rings (SSSR count). The second-order valence-corrected chi connectivity index (χ2v) is 6.46. The van der Waals surface area contributed by atoms with E-state index < -0.39 is 5.60 Å². The molecule has 0 unspecified atom stereocenters. The van der Waals surface area contributed by atoms with Crippen molar-refractivity contribution in [1.82, 2.24) is 9.88 Å². The molecule has 0 radical (unpaired) electrons. The average molecular weight is 338 g/mol. The van der Waals surface area contributed by atoms with Crippen LogP contribution in [0.2, 0.25) is 0 Å². The predicted molar refractivity (Wildman–Crippen MR) is 87.3 cm³/mol. The molecule has 0 bridgehead atoms. The Balaban J connectivity index is 2.31. The van der Waals surface area contributed by atoms with E-state index in [0.29, 0.717) is 11.6 Å². The Hall–Kier alpha value is -1.70. The summed E-state index contributed by atoms with van der Waals surface area (Å²) in [6.07, 6.45) is 2.57. The summed E-state index contributed by atoms with van der Waals surface area (Å²) in [4.78, 5) is 18.8. The highest BCUT2D eigenvalue weighted by Gasteiger charge is 2.61. The van der Waals surface area contributed by atoms with E-state index in [1.165, 1.54) is 19.4 Å². The van der Waals surface area contributed by atoms with Gasteiger partial charge in [0.1, 0.15) is 19.3 Å². The molecule has 0 saturated carbocycles. The summed E-state index contributed by atoms with van der Waals surface area (Å²) >= 11 is 0. The first-order valence-electron chi connectivity index (χ1n) is 8.01. The molecular formula is C17H26N2O5. The van der Waals surface area contributed by atoms with Crippen LogP contribution in [-0.2, 0) is 25.4 Å². The molecule has 1 aromatic rings. The molecule has 7 heteroatoms. The lowest BCUT2D eigenvalue weighted by atomic mass is 9.75. The van der Waals surface area contributed by atoms with Crippen molar-refractivity contribution >= 4 is 5.91 Å². The second-order valence-electron chi connectivity index (χ2n) is 6.46. The van der Waals surface area contributed by atoms with Gasteiger partial charge in [-0.1, -0.05) is 13.8 Å². The van der Waals surface area contributed by atoms with Crippen molar-refractivity contribution in [1.29, 1.82) is 0 Å². The molecule has 0 spiro atoms. The van der Waals surface area contributed by atoms with Crippen LogP contribution in [0.4, 0.5) is 0 Å². The first-order valence-corrected chi connectivity index (χ1v) is 8.01. The van der Waals surface area contributed by atoms with Crippen molar-refractivity contribution in [3.05, 3.63) is 24.0 Å². The number of likely N-dealkylation sites (tertiary alicyclic amines) is 1. The largest absolute Gasteiger partial charge is 0.508 e. The zero-order chi connectivity index (χ0) is 17.7. The smallest absolute Gasteiger partial charge is 0.259 e. The van der Waals surface area contributed by atoms with Gasteiger partial charge in [0.2, 0.25) is 0 Å². The quantitative estimate of drug-likeness (QED) is 0.543. The number of methoxy groups -OCH3 is 2. The summed E-state index contributed by atoms with van der Waals surface area (Å²) in [6.45, 7) is 4.44. The minimum atomic E-state index is -1.04. The van der Waals surface area contributed by atoms with Crippen LogP contribution in [0.1, 0.15) is 26.0 Å². The monoisotopic (exact) mass is 338 g/mol. The maximum absolute atomic E-state index is 12.8. The van der Waals surface area contributed by atoms with Gasteiger partial charge in [0, 0.05) is 38.6 Å². The lowest BCUT2D eigenvalue weighted by Crippen LogP contribution is -2.76. The van der Waals surface area contributed by atoms with Crippen LogP contribution in [0.3, 0.4) is 0 Å². The van der Waals surface area contributed by atoms with Gasteiger partial charge in [-0.2, -0.15) is 0 Å². The van der Waals surface area contributed by atoms with Crippen LogP contribution in [0.15, 0.2) is 18.3 Å². The molecule has 1 aromatic heterocycles. The Kier molecular flexibility index (Phi) is 6.15. The minimum absolute atomic E-state index is 0.0139. The summed E-state index contributed by atoms with van der Waals surface area (Å²) in [5.41, 5.74) is -0.440. The number of carbonyl (C=O) groups excluding carboxylic acids is 1. The fraction of sp³-hybridized carbons (Fsp3) is 0.647. The standard InChI is InChI=1S/C17H26N2O5/c1-12(2)7-15-17(24-11-23-4,16(21)19(15)10-22-3)9-13-8-14(20)5-6-18-13/h5-6,8,12,15H,7,9-11H2,1-4H3,(H,18,20)/t15-,17+/m0/s1. The van der Waals surface area contributed by atoms with E-state index >= 15 is 0 Å². The number of hydrogen-bond donors (Lipinski definition) is 1. The average Bonchev–Trinajstić information content (AvgIpc) is 2.54. The van der Waals surface area contributed by atoms with E-state index in [9.17, 15) is 9.90 Å². The number of amides is 1. The molecule has 1 aliphatic rings. The van der Waals surface area contributed by atoms with Gasteiger partial charge >= 0.3 is 0 Å².